The summed E-state index contributed by atoms with van der Waals surface area (Å²) in [6.07, 6.45) is 1.94. The molecule has 0 saturated heterocycles. The molecule has 4 heterocycles. The fraction of sp³-hybridized carbons (Fsp3) is 0.273. The fourth-order valence-corrected chi connectivity index (χ4v) is 12.1. The van der Waals surface area contributed by atoms with Gasteiger partial charge in [0.1, 0.15) is 12.5 Å². The summed E-state index contributed by atoms with van der Waals surface area (Å²) < 4.78 is 2.31. The Kier molecular flexibility index (Phi) is 13.7. The molecule has 0 bridgehead atoms. The lowest BCUT2D eigenvalue weighted by molar-refractivity contribution is 0.550. The highest BCUT2D eigenvalue weighted by Gasteiger charge is 2.35. The van der Waals surface area contributed by atoms with E-state index >= 15 is 0 Å². The molecule has 8 aromatic carbocycles. The number of anilines is 4. The summed E-state index contributed by atoms with van der Waals surface area (Å²) in [5.74, 6) is 2.76. The van der Waals surface area contributed by atoms with Gasteiger partial charge in [0.2, 0.25) is 0 Å². The molecule has 3 aromatic heterocycles. The lowest BCUT2D eigenvalue weighted by Gasteiger charge is -2.33. The Hall–Kier alpha value is -8.68. The van der Waals surface area contributed by atoms with Crippen LogP contribution in [0.4, 0.5) is 22.7 Å². The molecule has 11 aromatic rings. The molecule has 12 rings (SSSR count). The summed E-state index contributed by atoms with van der Waals surface area (Å²) in [6, 6.07) is 68.8. The van der Waals surface area contributed by atoms with E-state index in [0.717, 1.165) is 61.4 Å². The molecule has 0 spiro atoms. The van der Waals surface area contributed by atoms with E-state index in [2.05, 4.69) is 306 Å². The van der Waals surface area contributed by atoms with Gasteiger partial charge in [-0.1, -0.05) is 237 Å². The standard InChI is InChI=1S/C77H79N7/c1-73(2,3)53-39-40-78-67(47-53)84-63-34-23-22-31-59(63)60-38-37-51(43-66(60)84)70-79-71(81-72(80-70)68-61(76(10,11)12)45-55(75(7,8)9)46-62(68)77(13,14)15)52-41-54(74(4,5)6)44-56(42-52)82-48-83(65-36-25-24-35-64(65)82)69-57(49-27-18-16-19-28-49)32-26-33-58(69)50-29-20-17-21-30-50/h16-47H,48H2,1-15H3. The van der Waals surface area contributed by atoms with Crippen molar-refractivity contribution in [3.05, 3.63) is 222 Å². The van der Waals surface area contributed by atoms with Crippen molar-refractivity contribution < 1.29 is 0 Å². The van der Waals surface area contributed by atoms with Gasteiger partial charge < -0.3 is 9.80 Å². The highest BCUT2D eigenvalue weighted by Crippen LogP contribution is 2.51. The van der Waals surface area contributed by atoms with E-state index in [1.807, 2.05) is 6.20 Å². The van der Waals surface area contributed by atoms with E-state index in [0.29, 0.717) is 24.1 Å². The smallest absolute Gasteiger partial charge is 0.164 e. The van der Waals surface area contributed by atoms with Crippen LogP contribution in [0.2, 0.25) is 0 Å². The zero-order chi connectivity index (χ0) is 59.3. The predicted octanol–water partition coefficient (Wildman–Crippen LogP) is 20.4. The molecule has 422 valence electrons. The third-order valence-electron chi connectivity index (χ3n) is 16.8. The second-order valence-corrected chi connectivity index (χ2v) is 28.2. The molecule has 84 heavy (non-hydrogen) atoms. The maximum atomic E-state index is 5.76. The van der Waals surface area contributed by atoms with E-state index in [1.165, 1.54) is 55.8 Å². The van der Waals surface area contributed by atoms with Crippen LogP contribution in [-0.2, 0) is 27.1 Å². The molecular weight excluding hydrogens is 1020 g/mol. The first kappa shape index (κ1) is 55.8. The van der Waals surface area contributed by atoms with Gasteiger partial charge in [0.25, 0.3) is 0 Å². The minimum Gasteiger partial charge on any atom is -0.321 e. The quantitative estimate of drug-likeness (QED) is 0.151. The first-order valence-electron chi connectivity index (χ1n) is 29.8. The number of fused-ring (bicyclic) bond motifs is 4. The Morgan fingerprint density at radius 2 is 0.869 bits per heavy atom. The van der Waals surface area contributed by atoms with Gasteiger partial charge in [-0.25, -0.2) is 19.9 Å². The normalized spacial score (nSPS) is 13.3. The second-order valence-electron chi connectivity index (χ2n) is 28.2. The SMILES string of the molecule is CC(C)(C)c1cc(-c2nc(-c3ccc4c5ccccc5n(-c5cc(C(C)(C)C)ccn5)c4c3)nc(-c3c(C(C)(C)C)cc(C(C)(C)C)cc3C(C)(C)C)n2)cc(N2CN(c3c(-c4ccccc4)cccc3-c3ccccc3)c3ccccc32)c1. The minimum atomic E-state index is -0.258. The molecule has 7 nitrogen and oxygen atoms in total. The summed E-state index contributed by atoms with van der Waals surface area (Å²) in [4.78, 5) is 27.2. The molecule has 7 heteroatoms. The molecular formula is C77H79N7. The second kappa shape index (κ2) is 20.6. The molecule has 0 atom stereocenters. The van der Waals surface area contributed by atoms with Crippen LogP contribution in [0.3, 0.4) is 0 Å². The highest BCUT2D eigenvalue weighted by molar-refractivity contribution is 6.10. The number of para-hydroxylation sites is 4. The molecule has 0 radical (unpaired) electrons. The van der Waals surface area contributed by atoms with Gasteiger partial charge in [0.05, 0.1) is 28.1 Å². The third-order valence-corrected chi connectivity index (χ3v) is 16.8. The number of nitrogens with zero attached hydrogens (tertiary/aromatic N) is 7. The Labute approximate surface area is 498 Å². The van der Waals surface area contributed by atoms with Crippen molar-refractivity contribution in [1.82, 2.24) is 24.5 Å². The van der Waals surface area contributed by atoms with Crippen LogP contribution < -0.4 is 9.80 Å². The van der Waals surface area contributed by atoms with Gasteiger partial charge in [-0.3, -0.25) is 4.57 Å². The monoisotopic (exact) mass is 1100 g/mol. The number of aromatic nitrogens is 5. The van der Waals surface area contributed by atoms with Crippen molar-refractivity contribution in [2.75, 3.05) is 16.5 Å². The van der Waals surface area contributed by atoms with Crippen molar-refractivity contribution in [2.24, 2.45) is 0 Å². The highest BCUT2D eigenvalue weighted by atomic mass is 15.4. The van der Waals surface area contributed by atoms with Gasteiger partial charge in [-0.05, 0) is 121 Å². The molecule has 0 saturated carbocycles. The zero-order valence-electron chi connectivity index (χ0n) is 51.8. The van der Waals surface area contributed by atoms with E-state index in [9.17, 15) is 0 Å². The van der Waals surface area contributed by atoms with Crippen LogP contribution in [-0.4, -0.2) is 31.2 Å². The number of benzene rings is 8. The summed E-state index contributed by atoms with van der Waals surface area (Å²) in [7, 11) is 0. The predicted molar refractivity (Wildman–Crippen MR) is 355 cm³/mol. The zero-order valence-corrected chi connectivity index (χ0v) is 51.8. The largest absolute Gasteiger partial charge is 0.321 e. The van der Waals surface area contributed by atoms with Crippen LogP contribution in [0.1, 0.15) is 132 Å². The third kappa shape index (κ3) is 10.4. The van der Waals surface area contributed by atoms with Gasteiger partial charge in [-0.2, -0.15) is 0 Å². The Morgan fingerprint density at radius 1 is 0.357 bits per heavy atom. The van der Waals surface area contributed by atoms with Gasteiger partial charge >= 0.3 is 0 Å². The number of pyridine rings is 1. The number of rotatable bonds is 8. The van der Waals surface area contributed by atoms with E-state index in [1.54, 1.807) is 0 Å². The Bertz CT molecular complexity index is 4210. The van der Waals surface area contributed by atoms with Crippen LogP contribution in [0.15, 0.2) is 194 Å². The van der Waals surface area contributed by atoms with Crippen LogP contribution >= 0.6 is 0 Å². The van der Waals surface area contributed by atoms with Crippen molar-refractivity contribution in [1.29, 1.82) is 0 Å². The summed E-state index contributed by atoms with van der Waals surface area (Å²) in [6.45, 7) is 35.1. The first-order valence-corrected chi connectivity index (χ1v) is 29.8. The van der Waals surface area contributed by atoms with Gasteiger partial charge in [0, 0.05) is 50.5 Å². The molecule has 0 fully saturated rings. The number of hydrogen-bond donors (Lipinski definition) is 0. The van der Waals surface area contributed by atoms with Gasteiger partial charge in [0.15, 0.2) is 17.5 Å². The van der Waals surface area contributed by atoms with Crippen LogP contribution in [0.5, 0.6) is 0 Å². The van der Waals surface area contributed by atoms with Crippen molar-refractivity contribution in [2.45, 2.75) is 131 Å². The van der Waals surface area contributed by atoms with Crippen molar-refractivity contribution >= 4 is 44.6 Å². The van der Waals surface area contributed by atoms with E-state index in [4.69, 9.17) is 19.9 Å². The molecule has 1 aliphatic heterocycles. The lowest BCUT2D eigenvalue weighted by atomic mass is 9.72. The van der Waals surface area contributed by atoms with Crippen LogP contribution in [0.25, 0.3) is 84.0 Å². The molecule has 1 aliphatic rings. The average Bonchev–Trinajstić information content (AvgIpc) is 2.14. The maximum absolute atomic E-state index is 5.76. The van der Waals surface area contributed by atoms with Crippen molar-refractivity contribution in [3.63, 3.8) is 0 Å². The Balaban J connectivity index is 1.11. The first-order chi connectivity index (χ1) is 39.8. The van der Waals surface area contributed by atoms with Crippen LogP contribution in [0, 0.1) is 0 Å². The topological polar surface area (TPSA) is 63.0 Å². The van der Waals surface area contributed by atoms with Crippen molar-refractivity contribution in [3.8, 4) is 62.2 Å². The Morgan fingerprint density at radius 3 is 1.45 bits per heavy atom. The molecule has 0 N–H and O–H groups in total. The lowest BCUT2D eigenvalue weighted by Crippen LogP contribution is -2.25. The summed E-state index contributed by atoms with van der Waals surface area (Å²) in [5.41, 5.74) is 19.4. The van der Waals surface area contributed by atoms with E-state index in [-0.39, 0.29) is 27.1 Å². The number of hydrogen-bond acceptors (Lipinski definition) is 6. The summed E-state index contributed by atoms with van der Waals surface area (Å²) in [5, 5.41) is 2.30. The fourth-order valence-electron chi connectivity index (χ4n) is 12.1. The van der Waals surface area contributed by atoms with Gasteiger partial charge in [-0.15, -0.1) is 0 Å². The van der Waals surface area contributed by atoms with E-state index < -0.39 is 0 Å². The summed E-state index contributed by atoms with van der Waals surface area (Å²) >= 11 is 0. The average molecular weight is 1100 g/mol. The molecule has 0 unspecified atom stereocenters. The molecule has 0 amide bonds. The minimum absolute atomic E-state index is 0.0659. The molecule has 0 aliphatic carbocycles. The maximum Gasteiger partial charge on any atom is 0.164 e.